The summed E-state index contributed by atoms with van der Waals surface area (Å²) in [5, 5.41) is 12.4. The molecule has 0 unspecified atom stereocenters. The van der Waals surface area contributed by atoms with Crippen molar-refractivity contribution in [2.45, 2.75) is 51.5 Å². The van der Waals surface area contributed by atoms with Crippen molar-refractivity contribution in [3.8, 4) is 6.07 Å². The lowest BCUT2D eigenvalue weighted by Crippen LogP contribution is -2.44. The number of nitriles is 1. The van der Waals surface area contributed by atoms with Crippen molar-refractivity contribution in [1.82, 2.24) is 5.32 Å². The van der Waals surface area contributed by atoms with E-state index in [1.807, 2.05) is 0 Å². The zero-order valence-electron chi connectivity index (χ0n) is 9.27. The minimum absolute atomic E-state index is 0.297. The largest absolute Gasteiger partial charge is 0.311 e. The summed E-state index contributed by atoms with van der Waals surface area (Å²) in [7, 11) is 0. The van der Waals surface area contributed by atoms with E-state index in [9.17, 15) is 0 Å². The van der Waals surface area contributed by atoms with E-state index < -0.39 is 0 Å². The molecule has 2 nitrogen and oxygen atoms in total. The molecule has 0 aromatic carbocycles. The van der Waals surface area contributed by atoms with Gasteiger partial charge in [-0.2, -0.15) is 5.26 Å². The van der Waals surface area contributed by atoms with Crippen LogP contribution in [0, 0.1) is 22.7 Å². The zero-order chi connectivity index (χ0) is 10.2. The van der Waals surface area contributed by atoms with E-state index in [2.05, 4.69) is 25.2 Å². The van der Waals surface area contributed by atoms with Crippen LogP contribution < -0.4 is 5.32 Å². The second-order valence-electron chi connectivity index (χ2n) is 5.68. The molecule has 0 aromatic rings. The highest BCUT2D eigenvalue weighted by molar-refractivity contribution is 5.03. The van der Waals surface area contributed by atoms with Crippen LogP contribution >= 0.6 is 0 Å². The van der Waals surface area contributed by atoms with E-state index >= 15 is 0 Å². The number of hydrogen-bond acceptors (Lipinski definition) is 2. The van der Waals surface area contributed by atoms with Gasteiger partial charge in [0.25, 0.3) is 0 Å². The maximum absolute atomic E-state index is 8.72. The van der Waals surface area contributed by atoms with Gasteiger partial charge in [-0.1, -0.05) is 0 Å². The molecular formula is C12H20N2. The number of nitrogens with one attached hydrogen (secondary N) is 1. The van der Waals surface area contributed by atoms with E-state index in [0.717, 1.165) is 18.9 Å². The van der Waals surface area contributed by atoms with Crippen LogP contribution in [0.3, 0.4) is 0 Å². The average molecular weight is 192 g/mol. The fourth-order valence-electron chi connectivity index (χ4n) is 2.13. The van der Waals surface area contributed by atoms with Gasteiger partial charge < -0.3 is 5.32 Å². The number of hydrogen-bond donors (Lipinski definition) is 1. The van der Waals surface area contributed by atoms with Crippen molar-refractivity contribution in [3.63, 3.8) is 0 Å². The summed E-state index contributed by atoms with van der Waals surface area (Å²) < 4.78 is 0. The molecule has 0 aliphatic heterocycles. The molecule has 1 N–H and O–H groups in total. The Balaban J connectivity index is 1.79. The molecule has 0 aromatic heterocycles. The van der Waals surface area contributed by atoms with Gasteiger partial charge in [0.1, 0.15) is 0 Å². The molecule has 2 aliphatic rings. The molecule has 0 amide bonds. The van der Waals surface area contributed by atoms with Crippen molar-refractivity contribution in [2.24, 2.45) is 11.3 Å². The van der Waals surface area contributed by atoms with Crippen LogP contribution in [-0.4, -0.2) is 12.1 Å². The van der Waals surface area contributed by atoms with Crippen LogP contribution in [-0.2, 0) is 0 Å². The summed E-state index contributed by atoms with van der Waals surface area (Å²) >= 11 is 0. The Kier molecular flexibility index (Phi) is 2.31. The lowest BCUT2D eigenvalue weighted by atomic mass is 9.96. The van der Waals surface area contributed by atoms with Gasteiger partial charge in [0.15, 0.2) is 0 Å². The monoisotopic (exact) mass is 192 g/mol. The summed E-state index contributed by atoms with van der Waals surface area (Å²) in [4.78, 5) is 0. The minimum Gasteiger partial charge on any atom is -0.311 e. The molecule has 2 heteroatoms. The van der Waals surface area contributed by atoms with Crippen molar-refractivity contribution in [1.29, 1.82) is 5.26 Å². The lowest BCUT2D eigenvalue weighted by molar-refractivity contribution is 0.304. The average Bonchev–Trinajstić information content (AvgIpc) is 2.98. The summed E-state index contributed by atoms with van der Waals surface area (Å²) in [5.41, 5.74) is 0.645. The molecule has 78 valence electrons. The van der Waals surface area contributed by atoms with E-state index in [1.165, 1.54) is 25.7 Å². The Morgan fingerprint density at radius 2 is 2.07 bits per heavy atom. The topological polar surface area (TPSA) is 35.8 Å². The summed E-state index contributed by atoms with van der Waals surface area (Å²) in [5.74, 6) is 0.875. The molecule has 0 saturated heterocycles. The van der Waals surface area contributed by atoms with Crippen LogP contribution in [0.4, 0.5) is 0 Å². The summed E-state index contributed by atoms with van der Waals surface area (Å²) in [6, 6.07) is 2.31. The van der Waals surface area contributed by atoms with Gasteiger partial charge in [0.2, 0.25) is 0 Å². The Labute approximate surface area is 86.7 Å². The van der Waals surface area contributed by atoms with Gasteiger partial charge in [-0.3, -0.25) is 0 Å². The van der Waals surface area contributed by atoms with Gasteiger partial charge in [-0.05, 0) is 50.9 Å². The standard InChI is InChI=1S/C12H20N2/c1-11(2,10-3-4-10)14-9-12(5-6-12)7-8-13/h10,14H,3-7,9H2,1-2H3. The first-order chi connectivity index (χ1) is 6.58. The Hall–Kier alpha value is -0.550. The Bertz CT molecular complexity index is 254. The quantitative estimate of drug-likeness (QED) is 0.726. The van der Waals surface area contributed by atoms with Crippen molar-refractivity contribution in [2.75, 3.05) is 6.54 Å². The third-order valence-electron chi connectivity index (χ3n) is 3.93. The van der Waals surface area contributed by atoms with Gasteiger partial charge >= 0.3 is 0 Å². The third kappa shape index (κ3) is 2.09. The molecule has 0 bridgehead atoms. The van der Waals surface area contributed by atoms with Crippen LogP contribution in [0.5, 0.6) is 0 Å². The first-order valence-electron chi connectivity index (χ1n) is 5.70. The predicted octanol–water partition coefficient (Wildman–Crippen LogP) is 2.46. The molecule has 2 saturated carbocycles. The number of rotatable bonds is 5. The fourth-order valence-corrected chi connectivity index (χ4v) is 2.13. The fraction of sp³-hybridized carbons (Fsp3) is 0.917. The Morgan fingerprint density at radius 3 is 2.50 bits per heavy atom. The van der Waals surface area contributed by atoms with Crippen molar-refractivity contribution in [3.05, 3.63) is 0 Å². The van der Waals surface area contributed by atoms with E-state index in [4.69, 9.17) is 5.26 Å². The molecule has 0 spiro atoms. The number of nitrogens with zero attached hydrogens (tertiary/aromatic N) is 1. The van der Waals surface area contributed by atoms with Crippen molar-refractivity contribution >= 4 is 0 Å². The third-order valence-corrected chi connectivity index (χ3v) is 3.93. The Morgan fingerprint density at radius 1 is 1.43 bits per heavy atom. The van der Waals surface area contributed by atoms with Crippen LogP contribution in [0.25, 0.3) is 0 Å². The zero-order valence-corrected chi connectivity index (χ0v) is 9.27. The second kappa shape index (κ2) is 3.24. The van der Waals surface area contributed by atoms with Gasteiger partial charge in [-0.25, -0.2) is 0 Å². The maximum Gasteiger partial charge on any atom is 0.0628 e. The highest BCUT2D eigenvalue weighted by atomic mass is 15.0. The van der Waals surface area contributed by atoms with Crippen LogP contribution in [0.1, 0.15) is 46.0 Å². The van der Waals surface area contributed by atoms with E-state index in [1.54, 1.807) is 0 Å². The second-order valence-corrected chi connectivity index (χ2v) is 5.68. The highest BCUT2D eigenvalue weighted by Crippen LogP contribution is 2.49. The molecule has 2 aliphatic carbocycles. The molecule has 0 radical (unpaired) electrons. The van der Waals surface area contributed by atoms with Crippen molar-refractivity contribution < 1.29 is 0 Å². The molecular weight excluding hydrogens is 172 g/mol. The first kappa shape index (κ1) is 9.98. The van der Waals surface area contributed by atoms with Gasteiger partial charge in [0, 0.05) is 18.5 Å². The maximum atomic E-state index is 8.72. The van der Waals surface area contributed by atoms with Crippen LogP contribution in [0.2, 0.25) is 0 Å². The van der Waals surface area contributed by atoms with Gasteiger partial charge in [-0.15, -0.1) is 0 Å². The normalized spacial score (nSPS) is 24.4. The molecule has 2 rings (SSSR count). The van der Waals surface area contributed by atoms with Crippen LogP contribution in [0.15, 0.2) is 0 Å². The molecule has 2 fully saturated rings. The summed E-state index contributed by atoms with van der Waals surface area (Å²) in [6.45, 7) is 5.64. The van der Waals surface area contributed by atoms with E-state index in [-0.39, 0.29) is 0 Å². The summed E-state index contributed by atoms with van der Waals surface area (Å²) in [6.07, 6.45) is 5.99. The molecule has 14 heavy (non-hydrogen) atoms. The lowest BCUT2D eigenvalue weighted by Gasteiger charge is -2.28. The predicted molar refractivity (Wildman–Crippen MR) is 56.7 cm³/mol. The smallest absolute Gasteiger partial charge is 0.0628 e. The highest BCUT2D eigenvalue weighted by Gasteiger charge is 2.45. The van der Waals surface area contributed by atoms with E-state index in [0.29, 0.717) is 11.0 Å². The van der Waals surface area contributed by atoms with Gasteiger partial charge in [0.05, 0.1) is 6.07 Å². The molecule has 0 atom stereocenters. The SMILES string of the molecule is CC(C)(NCC1(CC#N)CC1)C1CC1. The molecule has 0 heterocycles. The first-order valence-corrected chi connectivity index (χ1v) is 5.70. The minimum atomic E-state index is 0.297.